The number of amides is 1. The molecule has 0 aliphatic carbocycles. The van der Waals surface area contributed by atoms with Gasteiger partial charge >= 0.3 is 0 Å². The van der Waals surface area contributed by atoms with E-state index >= 15 is 0 Å². The molecule has 0 radical (unpaired) electrons. The van der Waals surface area contributed by atoms with Crippen LogP contribution in [0.2, 0.25) is 0 Å². The summed E-state index contributed by atoms with van der Waals surface area (Å²) in [5.74, 6) is 0.0694. The van der Waals surface area contributed by atoms with Crippen molar-refractivity contribution in [2.45, 2.75) is 32.4 Å². The Morgan fingerprint density at radius 1 is 1.43 bits per heavy atom. The minimum atomic E-state index is -0.120. The molecule has 21 heavy (non-hydrogen) atoms. The summed E-state index contributed by atoms with van der Waals surface area (Å²) in [6, 6.07) is 7.33. The first-order chi connectivity index (χ1) is 10.1. The molecule has 0 aromatic carbocycles. The first-order valence-electron chi connectivity index (χ1n) is 7.04. The van der Waals surface area contributed by atoms with Crippen LogP contribution in [0.4, 0.5) is 0 Å². The van der Waals surface area contributed by atoms with Crippen molar-refractivity contribution >= 4 is 17.2 Å². The molecule has 0 N–H and O–H groups in total. The number of hydrogen-bond donors (Lipinski definition) is 0. The van der Waals surface area contributed by atoms with E-state index in [4.69, 9.17) is 0 Å². The Labute approximate surface area is 126 Å². The molecule has 2 aromatic rings. The molecule has 5 nitrogen and oxygen atoms in total. The fraction of sp³-hybridized carbons (Fsp3) is 0.400. The Hall–Kier alpha value is -1.95. The molecule has 1 aliphatic heterocycles. The molecule has 1 aliphatic rings. The Bertz CT molecular complexity index is 693. The van der Waals surface area contributed by atoms with Crippen molar-refractivity contribution < 1.29 is 4.79 Å². The van der Waals surface area contributed by atoms with Gasteiger partial charge in [-0.2, -0.15) is 5.10 Å². The van der Waals surface area contributed by atoms with Crippen LogP contribution < -0.4 is 5.56 Å². The highest BCUT2D eigenvalue weighted by atomic mass is 32.1. The molecular weight excluding hydrogens is 286 g/mol. The number of carbonyl (C=O) groups excluding carboxylic acids is 1. The van der Waals surface area contributed by atoms with Gasteiger partial charge in [0.2, 0.25) is 5.91 Å². The topological polar surface area (TPSA) is 55.2 Å². The van der Waals surface area contributed by atoms with Gasteiger partial charge in [-0.25, -0.2) is 4.68 Å². The SMILES string of the molecule is CC(=O)N1CCC[C@H]1Cn1nc(-c2cccs2)ccc1=O. The van der Waals surface area contributed by atoms with Crippen LogP contribution in [-0.2, 0) is 11.3 Å². The third kappa shape index (κ3) is 2.90. The van der Waals surface area contributed by atoms with Crippen LogP contribution in [0.15, 0.2) is 34.4 Å². The zero-order valence-corrected chi connectivity index (χ0v) is 12.7. The first kappa shape index (κ1) is 14.0. The zero-order valence-electron chi connectivity index (χ0n) is 11.9. The monoisotopic (exact) mass is 303 g/mol. The van der Waals surface area contributed by atoms with Crippen molar-refractivity contribution in [3.05, 3.63) is 40.0 Å². The third-order valence-electron chi connectivity index (χ3n) is 3.81. The second-order valence-electron chi connectivity index (χ2n) is 5.22. The van der Waals surface area contributed by atoms with Crippen LogP contribution >= 0.6 is 11.3 Å². The first-order valence-corrected chi connectivity index (χ1v) is 7.92. The molecule has 1 amide bonds. The highest BCUT2D eigenvalue weighted by molar-refractivity contribution is 7.13. The van der Waals surface area contributed by atoms with Crippen molar-refractivity contribution in [1.29, 1.82) is 0 Å². The maximum Gasteiger partial charge on any atom is 0.266 e. The number of aromatic nitrogens is 2. The van der Waals surface area contributed by atoms with Crippen LogP contribution in [-0.4, -0.2) is 33.2 Å². The highest BCUT2D eigenvalue weighted by Gasteiger charge is 2.27. The van der Waals surface area contributed by atoms with E-state index in [-0.39, 0.29) is 17.5 Å². The summed E-state index contributed by atoms with van der Waals surface area (Å²) >= 11 is 1.60. The Balaban J connectivity index is 1.87. The van der Waals surface area contributed by atoms with Gasteiger partial charge in [-0.05, 0) is 30.4 Å². The minimum absolute atomic E-state index is 0.0694. The predicted octanol–water partition coefficient (Wildman–Crippen LogP) is 1.98. The van der Waals surface area contributed by atoms with E-state index in [1.165, 1.54) is 4.68 Å². The molecule has 1 atom stereocenters. The predicted molar refractivity (Wildman–Crippen MR) is 82.2 cm³/mol. The third-order valence-corrected chi connectivity index (χ3v) is 4.70. The molecular formula is C15H17N3O2S. The Morgan fingerprint density at radius 3 is 3.00 bits per heavy atom. The van der Waals surface area contributed by atoms with Crippen LogP contribution in [0.1, 0.15) is 19.8 Å². The smallest absolute Gasteiger partial charge is 0.266 e. The molecule has 1 fully saturated rings. The van der Waals surface area contributed by atoms with Gasteiger partial charge in [-0.1, -0.05) is 6.07 Å². The summed E-state index contributed by atoms with van der Waals surface area (Å²) in [7, 11) is 0. The molecule has 0 unspecified atom stereocenters. The van der Waals surface area contributed by atoms with Crippen molar-refractivity contribution in [2.75, 3.05) is 6.54 Å². The van der Waals surface area contributed by atoms with Crippen molar-refractivity contribution in [1.82, 2.24) is 14.7 Å². The van der Waals surface area contributed by atoms with Crippen LogP contribution in [0.25, 0.3) is 10.6 Å². The van der Waals surface area contributed by atoms with Gasteiger partial charge in [-0.3, -0.25) is 9.59 Å². The summed E-state index contributed by atoms with van der Waals surface area (Å²) < 4.78 is 1.49. The maximum atomic E-state index is 12.0. The number of rotatable bonds is 3. The van der Waals surface area contributed by atoms with Crippen molar-refractivity contribution in [3.8, 4) is 10.6 Å². The largest absolute Gasteiger partial charge is 0.338 e. The zero-order chi connectivity index (χ0) is 14.8. The molecule has 110 valence electrons. The summed E-state index contributed by atoms with van der Waals surface area (Å²) in [6.07, 6.45) is 1.92. The Morgan fingerprint density at radius 2 is 2.29 bits per heavy atom. The van der Waals surface area contributed by atoms with E-state index in [9.17, 15) is 9.59 Å². The van der Waals surface area contributed by atoms with Gasteiger partial charge in [0.05, 0.1) is 17.5 Å². The van der Waals surface area contributed by atoms with Crippen molar-refractivity contribution in [3.63, 3.8) is 0 Å². The van der Waals surface area contributed by atoms with E-state index in [2.05, 4.69) is 5.10 Å². The summed E-state index contributed by atoms with van der Waals surface area (Å²) in [5.41, 5.74) is 0.683. The molecule has 6 heteroatoms. The summed E-state index contributed by atoms with van der Waals surface area (Å²) in [4.78, 5) is 26.5. The summed E-state index contributed by atoms with van der Waals surface area (Å²) in [6.45, 7) is 2.83. The van der Waals surface area contributed by atoms with E-state index in [1.54, 1.807) is 30.4 Å². The standard InChI is InChI=1S/C15H17N3O2S/c1-11(19)17-8-2-4-12(17)10-18-15(20)7-6-13(16-18)14-5-3-9-21-14/h3,5-7,9,12H,2,4,8,10H2,1H3/t12-/m0/s1. The van der Waals surface area contributed by atoms with Gasteiger partial charge in [0.1, 0.15) is 5.69 Å². The number of thiophene rings is 1. The average molecular weight is 303 g/mol. The fourth-order valence-corrected chi connectivity index (χ4v) is 3.47. The lowest BCUT2D eigenvalue weighted by Crippen LogP contribution is -2.39. The highest BCUT2D eigenvalue weighted by Crippen LogP contribution is 2.22. The van der Waals surface area contributed by atoms with Crippen molar-refractivity contribution in [2.24, 2.45) is 0 Å². The lowest BCUT2D eigenvalue weighted by molar-refractivity contribution is -0.129. The quantitative estimate of drug-likeness (QED) is 0.871. The molecule has 1 saturated heterocycles. The second-order valence-corrected chi connectivity index (χ2v) is 6.17. The number of hydrogen-bond acceptors (Lipinski definition) is 4. The van der Waals surface area contributed by atoms with Crippen LogP contribution in [0, 0.1) is 0 Å². The van der Waals surface area contributed by atoms with E-state index in [0.717, 1.165) is 30.0 Å². The normalized spacial score (nSPS) is 18.1. The molecule has 0 bridgehead atoms. The van der Waals surface area contributed by atoms with Crippen LogP contribution in [0.3, 0.4) is 0 Å². The second kappa shape index (κ2) is 5.81. The Kier molecular flexibility index (Phi) is 3.88. The molecule has 3 heterocycles. The number of carbonyl (C=O) groups is 1. The number of likely N-dealkylation sites (tertiary alicyclic amines) is 1. The van der Waals surface area contributed by atoms with E-state index in [1.807, 2.05) is 22.4 Å². The molecule has 2 aromatic heterocycles. The van der Waals surface area contributed by atoms with E-state index in [0.29, 0.717) is 6.54 Å². The molecule has 0 spiro atoms. The fourth-order valence-electron chi connectivity index (χ4n) is 2.78. The van der Waals surface area contributed by atoms with Gasteiger partial charge < -0.3 is 4.90 Å². The van der Waals surface area contributed by atoms with Gasteiger partial charge in [-0.15, -0.1) is 11.3 Å². The van der Waals surface area contributed by atoms with Gasteiger partial charge in [0.15, 0.2) is 0 Å². The minimum Gasteiger partial charge on any atom is -0.338 e. The molecule has 3 rings (SSSR count). The number of nitrogens with zero attached hydrogens (tertiary/aromatic N) is 3. The average Bonchev–Trinajstić information content (AvgIpc) is 3.12. The molecule has 0 saturated carbocycles. The van der Waals surface area contributed by atoms with Crippen LogP contribution in [0.5, 0.6) is 0 Å². The van der Waals surface area contributed by atoms with E-state index < -0.39 is 0 Å². The van der Waals surface area contributed by atoms with Gasteiger partial charge in [0, 0.05) is 19.5 Å². The van der Waals surface area contributed by atoms with Gasteiger partial charge in [0.25, 0.3) is 5.56 Å². The lowest BCUT2D eigenvalue weighted by atomic mass is 10.2. The maximum absolute atomic E-state index is 12.0. The summed E-state index contributed by atoms with van der Waals surface area (Å²) in [5, 5.41) is 6.44. The lowest BCUT2D eigenvalue weighted by Gasteiger charge is -2.23.